The van der Waals surface area contributed by atoms with Crippen molar-refractivity contribution in [2.45, 2.75) is 13.8 Å². The Labute approximate surface area is 121 Å². The molecule has 0 N–H and O–H groups in total. The summed E-state index contributed by atoms with van der Waals surface area (Å²) in [4.78, 5) is 17.3. The quantitative estimate of drug-likeness (QED) is 0.683. The molecule has 0 amide bonds. The Hall–Kier alpha value is -2.13. The second-order valence-corrected chi connectivity index (χ2v) is 5.13. The molecule has 3 aromatic rings. The highest BCUT2D eigenvalue weighted by Crippen LogP contribution is 2.21. The number of aryl methyl sites for hydroxylation is 2. The smallest absolute Gasteiger partial charge is 0.267 e. The number of fused-ring (bicyclic) bond motifs is 1. The minimum absolute atomic E-state index is 0.132. The van der Waals surface area contributed by atoms with E-state index in [9.17, 15) is 4.79 Å². The first-order chi connectivity index (χ1) is 9.59. The number of halogens is 1. The fourth-order valence-corrected chi connectivity index (χ4v) is 2.65. The van der Waals surface area contributed by atoms with Gasteiger partial charge in [-0.05, 0) is 37.6 Å². The van der Waals surface area contributed by atoms with Crippen LogP contribution in [0.3, 0.4) is 0 Å². The van der Waals surface area contributed by atoms with Gasteiger partial charge in [-0.25, -0.2) is 4.98 Å². The third kappa shape index (κ3) is 1.91. The summed E-state index contributed by atoms with van der Waals surface area (Å²) in [6, 6.07) is 13.1. The van der Waals surface area contributed by atoms with Gasteiger partial charge >= 0.3 is 0 Å². The molecular formula is C16H13ClN2O. The molecule has 1 heterocycles. The van der Waals surface area contributed by atoms with Crippen molar-refractivity contribution in [1.82, 2.24) is 9.55 Å². The van der Waals surface area contributed by atoms with Crippen LogP contribution < -0.4 is 5.56 Å². The van der Waals surface area contributed by atoms with Gasteiger partial charge in [-0.1, -0.05) is 35.9 Å². The molecule has 0 aliphatic rings. The van der Waals surface area contributed by atoms with E-state index in [0.717, 1.165) is 11.3 Å². The molecule has 0 saturated heterocycles. The van der Waals surface area contributed by atoms with E-state index in [0.29, 0.717) is 21.7 Å². The van der Waals surface area contributed by atoms with E-state index in [-0.39, 0.29) is 5.56 Å². The van der Waals surface area contributed by atoms with Crippen LogP contribution in [0, 0.1) is 13.8 Å². The maximum Gasteiger partial charge on any atom is 0.267 e. The van der Waals surface area contributed by atoms with Gasteiger partial charge < -0.3 is 0 Å². The summed E-state index contributed by atoms with van der Waals surface area (Å²) in [5, 5.41) is 0.894. The summed E-state index contributed by atoms with van der Waals surface area (Å²) in [5.74, 6) is 0.652. The Bertz CT molecular complexity index is 868. The lowest BCUT2D eigenvalue weighted by molar-refractivity contribution is 0.888. The first-order valence-corrected chi connectivity index (χ1v) is 6.71. The van der Waals surface area contributed by atoms with E-state index in [1.165, 1.54) is 0 Å². The fourth-order valence-electron chi connectivity index (χ4n) is 2.40. The molecule has 0 saturated carbocycles. The van der Waals surface area contributed by atoms with Gasteiger partial charge in [0.15, 0.2) is 0 Å². The lowest BCUT2D eigenvalue weighted by Crippen LogP contribution is -2.23. The summed E-state index contributed by atoms with van der Waals surface area (Å²) in [7, 11) is 0. The van der Waals surface area contributed by atoms with Crippen molar-refractivity contribution in [2.24, 2.45) is 0 Å². The average molecular weight is 285 g/mol. The molecule has 0 spiro atoms. The zero-order chi connectivity index (χ0) is 14.3. The molecule has 4 heteroatoms. The predicted octanol–water partition coefficient (Wildman–Crippen LogP) is 3.66. The SMILES string of the molecule is Cc1ccccc1-n1c(C)nc2cccc(Cl)c2c1=O. The molecule has 3 nitrogen and oxygen atoms in total. The van der Waals surface area contributed by atoms with Crippen LogP contribution in [0.25, 0.3) is 16.6 Å². The molecule has 0 atom stereocenters. The number of hydrogen-bond acceptors (Lipinski definition) is 2. The van der Waals surface area contributed by atoms with Crippen LogP contribution >= 0.6 is 11.6 Å². The topological polar surface area (TPSA) is 34.9 Å². The first-order valence-electron chi connectivity index (χ1n) is 6.33. The lowest BCUT2D eigenvalue weighted by atomic mass is 10.2. The highest BCUT2D eigenvalue weighted by molar-refractivity contribution is 6.35. The number of nitrogens with zero attached hydrogens (tertiary/aromatic N) is 2. The average Bonchev–Trinajstić information content (AvgIpc) is 2.40. The predicted molar refractivity (Wildman–Crippen MR) is 81.8 cm³/mol. The van der Waals surface area contributed by atoms with E-state index < -0.39 is 0 Å². The van der Waals surface area contributed by atoms with Crippen LogP contribution in [0.2, 0.25) is 5.02 Å². The normalized spacial score (nSPS) is 10.9. The maximum absolute atomic E-state index is 12.8. The van der Waals surface area contributed by atoms with Crippen molar-refractivity contribution in [3.63, 3.8) is 0 Å². The van der Waals surface area contributed by atoms with Crippen molar-refractivity contribution in [3.05, 3.63) is 69.2 Å². The van der Waals surface area contributed by atoms with E-state index in [4.69, 9.17) is 11.6 Å². The highest BCUT2D eigenvalue weighted by Gasteiger charge is 2.13. The summed E-state index contributed by atoms with van der Waals surface area (Å²) < 4.78 is 1.61. The molecule has 20 heavy (non-hydrogen) atoms. The van der Waals surface area contributed by atoms with Crippen LogP contribution in [0.4, 0.5) is 0 Å². The summed E-state index contributed by atoms with van der Waals surface area (Å²) in [5.41, 5.74) is 2.35. The third-order valence-corrected chi connectivity index (χ3v) is 3.69. The van der Waals surface area contributed by atoms with E-state index in [1.54, 1.807) is 22.8 Å². The summed E-state index contributed by atoms with van der Waals surface area (Å²) in [6.45, 7) is 3.80. The highest BCUT2D eigenvalue weighted by atomic mass is 35.5. The minimum atomic E-state index is -0.132. The Morgan fingerprint density at radius 3 is 2.55 bits per heavy atom. The van der Waals surface area contributed by atoms with Crippen LogP contribution in [0.5, 0.6) is 0 Å². The minimum Gasteiger partial charge on any atom is -0.268 e. The van der Waals surface area contributed by atoms with Gasteiger partial charge in [0.05, 0.1) is 21.6 Å². The van der Waals surface area contributed by atoms with Crippen molar-refractivity contribution in [1.29, 1.82) is 0 Å². The molecule has 0 bridgehead atoms. The molecule has 2 aromatic carbocycles. The van der Waals surface area contributed by atoms with Gasteiger partial charge in [0.25, 0.3) is 5.56 Å². The molecule has 0 unspecified atom stereocenters. The van der Waals surface area contributed by atoms with Crippen LogP contribution in [0.1, 0.15) is 11.4 Å². The Balaban J connectivity index is 2.47. The van der Waals surface area contributed by atoms with Gasteiger partial charge in [0.2, 0.25) is 0 Å². The van der Waals surface area contributed by atoms with Crippen LogP contribution in [-0.2, 0) is 0 Å². The van der Waals surface area contributed by atoms with E-state index >= 15 is 0 Å². The second-order valence-electron chi connectivity index (χ2n) is 4.72. The van der Waals surface area contributed by atoms with Crippen LogP contribution in [-0.4, -0.2) is 9.55 Å². The zero-order valence-electron chi connectivity index (χ0n) is 11.2. The monoisotopic (exact) mass is 284 g/mol. The number of hydrogen-bond donors (Lipinski definition) is 0. The Morgan fingerprint density at radius 1 is 1.05 bits per heavy atom. The van der Waals surface area contributed by atoms with Gasteiger partial charge in [-0.2, -0.15) is 0 Å². The van der Waals surface area contributed by atoms with Crippen molar-refractivity contribution < 1.29 is 0 Å². The van der Waals surface area contributed by atoms with E-state index in [1.807, 2.05) is 38.1 Å². The zero-order valence-corrected chi connectivity index (χ0v) is 12.0. The van der Waals surface area contributed by atoms with Crippen molar-refractivity contribution in [2.75, 3.05) is 0 Å². The van der Waals surface area contributed by atoms with Crippen molar-refractivity contribution >= 4 is 22.5 Å². The summed E-state index contributed by atoms with van der Waals surface area (Å²) in [6.07, 6.45) is 0. The molecule has 3 rings (SSSR count). The first kappa shape index (κ1) is 12.9. The summed E-state index contributed by atoms with van der Waals surface area (Å²) >= 11 is 6.16. The third-order valence-electron chi connectivity index (χ3n) is 3.37. The van der Waals surface area contributed by atoms with Crippen LogP contribution in [0.15, 0.2) is 47.3 Å². The Kier molecular flexibility index (Phi) is 3.07. The number of para-hydroxylation sites is 1. The largest absolute Gasteiger partial charge is 0.268 e. The number of benzene rings is 2. The molecular weight excluding hydrogens is 272 g/mol. The van der Waals surface area contributed by atoms with Gasteiger partial charge in [0.1, 0.15) is 5.82 Å². The standard InChI is InChI=1S/C16H13ClN2O/c1-10-6-3-4-9-14(10)19-11(2)18-13-8-5-7-12(17)15(13)16(19)20/h3-9H,1-2H3. The van der Waals surface area contributed by atoms with Gasteiger partial charge in [-0.3, -0.25) is 9.36 Å². The lowest BCUT2D eigenvalue weighted by Gasteiger charge is -2.13. The molecule has 0 aliphatic carbocycles. The second kappa shape index (κ2) is 4.76. The fraction of sp³-hybridized carbons (Fsp3) is 0.125. The van der Waals surface area contributed by atoms with Crippen molar-refractivity contribution in [3.8, 4) is 5.69 Å². The number of aromatic nitrogens is 2. The molecule has 0 aliphatic heterocycles. The maximum atomic E-state index is 12.8. The molecule has 1 aromatic heterocycles. The number of rotatable bonds is 1. The van der Waals surface area contributed by atoms with E-state index in [2.05, 4.69) is 4.98 Å². The Morgan fingerprint density at radius 2 is 1.80 bits per heavy atom. The molecule has 100 valence electrons. The molecule has 0 fully saturated rings. The molecule has 0 radical (unpaired) electrons. The van der Waals surface area contributed by atoms with Gasteiger partial charge in [0, 0.05) is 0 Å². The van der Waals surface area contributed by atoms with Gasteiger partial charge in [-0.15, -0.1) is 0 Å².